The Balaban J connectivity index is 0.000000362. The summed E-state index contributed by atoms with van der Waals surface area (Å²) in [5.41, 5.74) is 7.81. The summed E-state index contributed by atoms with van der Waals surface area (Å²) in [7, 11) is 0. The van der Waals surface area contributed by atoms with Crippen molar-refractivity contribution >= 4 is 49.5 Å². The van der Waals surface area contributed by atoms with Crippen molar-refractivity contribution in [2.75, 3.05) is 0 Å². The number of pyridine rings is 1. The molecule has 0 aliphatic heterocycles. The fraction of sp³-hybridized carbons (Fsp3) is 0.0588. The second-order valence-corrected chi connectivity index (χ2v) is 9.39. The molecule has 0 unspecified atom stereocenters. The van der Waals surface area contributed by atoms with Gasteiger partial charge in [0.2, 0.25) is 0 Å². The normalized spacial score (nSPS) is 11.4. The van der Waals surface area contributed by atoms with Crippen LogP contribution in [0, 0.1) is 6.07 Å². The molecule has 3 aromatic heterocycles. The standard InChI is InChI=1S/C29H18N3.C5H8O2.Ir/c1-3-10-20(11-4-1)31-23-15-8-7-14-22(23)29-28-26(18-19-30-29)32(21-12-5-2-6-13-21)25-17-9-16-24(31)27(25)28;1-4(6)3-5(2)7;/h1-13,15-19H;3,6H,1-2H3;/q-1;;/b;4-3-;. The van der Waals surface area contributed by atoms with E-state index in [2.05, 4.69) is 112 Å². The summed E-state index contributed by atoms with van der Waals surface area (Å²) in [5.74, 6) is -0.0625. The first kappa shape index (κ1) is 27.1. The quantitative estimate of drug-likeness (QED) is 0.115. The Morgan fingerprint density at radius 2 is 1.27 bits per heavy atom. The van der Waals surface area contributed by atoms with E-state index < -0.39 is 0 Å². The number of rotatable bonds is 3. The first-order valence-corrected chi connectivity index (χ1v) is 12.8. The second kappa shape index (κ2) is 11.3. The summed E-state index contributed by atoms with van der Waals surface area (Å²) in [4.78, 5) is 14.9. The van der Waals surface area contributed by atoms with Gasteiger partial charge in [-0.25, -0.2) is 0 Å². The number of fused-ring (bicyclic) bond motifs is 2. The molecule has 4 aromatic carbocycles. The Bertz CT molecular complexity index is 2000. The van der Waals surface area contributed by atoms with E-state index in [1.165, 1.54) is 36.2 Å². The maximum Gasteiger partial charge on any atom is 0.155 e. The number of allylic oxidation sites excluding steroid dienone is 2. The molecule has 199 valence electrons. The topological polar surface area (TPSA) is 60.0 Å². The first-order valence-electron chi connectivity index (χ1n) is 12.8. The van der Waals surface area contributed by atoms with Gasteiger partial charge in [0.1, 0.15) is 0 Å². The Hall–Kier alpha value is -4.51. The summed E-state index contributed by atoms with van der Waals surface area (Å²) in [6.07, 6.45) is 3.08. The monoisotopic (exact) mass is 701 g/mol. The fourth-order valence-corrected chi connectivity index (χ4v) is 5.30. The summed E-state index contributed by atoms with van der Waals surface area (Å²) in [6, 6.07) is 39.5. The Morgan fingerprint density at radius 3 is 1.82 bits per heavy atom. The molecule has 1 radical (unpaired) electrons. The van der Waals surface area contributed by atoms with E-state index in [9.17, 15) is 4.79 Å². The zero-order valence-corrected chi connectivity index (χ0v) is 24.4. The number of carbonyl (C=O) groups is 1. The molecule has 0 saturated carbocycles. The summed E-state index contributed by atoms with van der Waals surface area (Å²) in [6.45, 7) is 2.85. The predicted molar refractivity (Wildman–Crippen MR) is 159 cm³/mol. The molecular weight excluding hydrogens is 675 g/mol. The van der Waals surface area contributed by atoms with Gasteiger partial charge in [-0.1, -0.05) is 42.5 Å². The fourth-order valence-electron chi connectivity index (χ4n) is 5.30. The number of ketones is 1. The largest absolute Gasteiger partial charge is 0.512 e. The van der Waals surface area contributed by atoms with Gasteiger partial charge >= 0.3 is 0 Å². The van der Waals surface area contributed by atoms with Crippen molar-refractivity contribution < 1.29 is 30.0 Å². The minimum atomic E-state index is -0.125. The molecule has 40 heavy (non-hydrogen) atoms. The molecule has 1 N–H and O–H groups in total. The van der Waals surface area contributed by atoms with Crippen LogP contribution in [-0.4, -0.2) is 25.0 Å². The van der Waals surface area contributed by atoms with Crippen LogP contribution in [0.5, 0.6) is 0 Å². The Morgan fingerprint density at radius 1 is 0.725 bits per heavy atom. The maximum absolute atomic E-state index is 10.0. The molecule has 0 saturated heterocycles. The third kappa shape index (κ3) is 4.73. The smallest absolute Gasteiger partial charge is 0.155 e. The number of hydrogen-bond acceptors (Lipinski definition) is 3. The minimum absolute atomic E-state index is 0. The van der Waals surface area contributed by atoms with Crippen LogP contribution >= 0.6 is 0 Å². The van der Waals surface area contributed by atoms with Crippen LogP contribution in [0.4, 0.5) is 0 Å². The zero-order chi connectivity index (χ0) is 26.9. The zero-order valence-electron chi connectivity index (χ0n) is 22.0. The summed E-state index contributed by atoms with van der Waals surface area (Å²) >= 11 is 0. The van der Waals surface area contributed by atoms with Gasteiger partial charge in [-0.15, -0.1) is 29.7 Å². The van der Waals surface area contributed by atoms with Crippen molar-refractivity contribution in [3.63, 3.8) is 0 Å². The van der Waals surface area contributed by atoms with Crippen molar-refractivity contribution in [2.24, 2.45) is 0 Å². The van der Waals surface area contributed by atoms with Gasteiger partial charge in [-0.2, -0.15) is 0 Å². The van der Waals surface area contributed by atoms with Crippen LogP contribution in [0.1, 0.15) is 13.8 Å². The third-order valence-electron chi connectivity index (χ3n) is 6.67. The number of hydrogen-bond donors (Lipinski definition) is 1. The third-order valence-corrected chi connectivity index (χ3v) is 6.67. The van der Waals surface area contributed by atoms with E-state index in [-0.39, 0.29) is 31.6 Å². The Kier molecular flexibility index (Phi) is 7.65. The van der Waals surface area contributed by atoms with Gasteiger partial charge in [-0.3, -0.25) is 4.79 Å². The average Bonchev–Trinajstić information content (AvgIpc) is 3.23. The maximum atomic E-state index is 10.0. The summed E-state index contributed by atoms with van der Waals surface area (Å²) in [5, 5.41) is 11.8. The number of para-hydroxylation sites is 2. The van der Waals surface area contributed by atoms with Crippen molar-refractivity contribution in [3.05, 3.63) is 127 Å². The van der Waals surface area contributed by atoms with Crippen LogP contribution in [0.3, 0.4) is 0 Å². The number of aromatic nitrogens is 3. The molecule has 0 amide bonds. The van der Waals surface area contributed by atoms with E-state index >= 15 is 0 Å². The molecule has 7 aromatic rings. The van der Waals surface area contributed by atoms with Gasteiger partial charge < -0.3 is 19.2 Å². The van der Waals surface area contributed by atoms with Crippen molar-refractivity contribution in [3.8, 4) is 11.4 Å². The van der Waals surface area contributed by atoms with Crippen molar-refractivity contribution in [2.45, 2.75) is 13.8 Å². The molecule has 0 atom stereocenters. The number of carbonyl (C=O) groups excluding carboxylic acids is 1. The van der Waals surface area contributed by atoms with Crippen LogP contribution in [0.15, 0.2) is 121 Å². The number of aliphatic hydroxyl groups excluding tert-OH is 1. The van der Waals surface area contributed by atoms with E-state index in [0.29, 0.717) is 0 Å². The molecule has 0 aliphatic carbocycles. The second-order valence-electron chi connectivity index (χ2n) is 9.39. The van der Waals surface area contributed by atoms with E-state index in [1.54, 1.807) is 0 Å². The van der Waals surface area contributed by atoms with Gasteiger partial charge in [-0.05, 0) is 67.2 Å². The molecule has 3 heterocycles. The van der Waals surface area contributed by atoms with Crippen LogP contribution in [0.2, 0.25) is 0 Å². The van der Waals surface area contributed by atoms with Gasteiger partial charge in [0, 0.05) is 65.7 Å². The van der Waals surface area contributed by atoms with Gasteiger partial charge in [0.25, 0.3) is 0 Å². The Labute approximate surface area is 245 Å². The molecular formula is C34H26IrN3O2-. The molecule has 5 nitrogen and oxygen atoms in total. The summed E-state index contributed by atoms with van der Waals surface area (Å²) < 4.78 is 4.68. The molecule has 0 bridgehead atoms. The van der Waals surface area contributed by atoms with Crippen LogP contribution < -0.4 is 0 Å². The van der Waals surface area contributed by atoms with Crippen molar-refractivity contribution in [1.29, 1.82) is 0 Å². The molecule has 0 aliphatic rings. The average molecular weight is 701 g/mol. The van der Waals surface area contributed by atoms with Crippen LogP contribution in [-0.2, 0) is 24.9 Å². The molecule has 0 spiro atoms. The minimum Gasteiger partial charge on any atom is -0.512 e. The van der Waals surface area contributed by atoms with Crippen molar-refractivity contribution in [1.82, 2.24) is 14.1 Å². The van der Waals surface area contributed by atoms with E-state index in [0.717, 1.165) is 38.8 Å². The molecule has 6 heteroatoms. The molecule has 0 fully saturated rings. The van der Waals surface area contributed by atoms with E-state index in [4.69, 9.17) is 10.1 Å². The van der Waals surface area contributed by atoms with Crippen LogP contribution in [0.25, 0.3) is 55.1 Å². The SMILES string of the molecule is CC(=O)/C=C(/C)O.[Ir].[c-]1cccc2c1c1nccc3c1c1c(cccc1n3-c1ccccc1)n2-c1ccccc1. The van der Waals surface area contributed by atoms with E-state index in [1.807, 2.05) is 12.3 Å². The molecule has 7 rings (SSSR count). The number of aliphatic hydroxyl groups is 1. The van der Waals surface area contributed by atoms with Gasteiger partial charge in [0.05, 0.1) is 11.3 Å². The number of benzene rings is 4. The predicted octanol–water partition coefficient (Wildman–Crippen LogP) is 8.11. The van der Waals surface area contributed by atoms with Gasteiger partial charge in [0.15, 0.2) is 5.78 Å². The first-order chi connectivity index (χ1) is 19.0. The number of nitrogens with zero attached hydrogens (tertiary/aromatic N) is 3.